The number of fused-ring (bicyclic) bond motifs is 3. The van der Waals surface area contributed by atoms with Crippen LogP contribution in [-0.4, -0.2) is 14.8 Å². The summed E-state index contributed by atoms with van der Waals surface area (Å²) in [6.07, 6.45) is 0.605. The lowest BCUT2D eigenvalue weighted by atomic mass is 10.1. The zero-order chi connectivity index (χ0) is 16.9. The zero-order valence-corrected chi connectivity index (χ0v) is 13.6. The summed E-state index contributed by atoms with van der Waals surface area (Å²) in [5, 5.41) is 6.86. The van der Waals surface area contributed by atoms with Gasteiger partial charge in [-0.25, -0.2) is 4.68 Å². The lowest BCUT2D eigenvalue weighted by Gasteiger charge is -2.11. The van der Waals surface area contributed by atoms with E-state index in [4.69, 9.17) is 0 Å². The van der Waals surface area contributed by atoms with E-state index in [-0.39, 0.29) is 0 Å². The van der Waals surface area contributed by atoms with Crippen molar-refractivity contribution in [2.75, 3.05) is 0 Å². The predicted molar refractivity (Wildman–Crippen MR) is 89.1 cm³/mol. The highest BCUT2D eigenvalue weighted by molar-refractivity contribution is 9.10. The Morgan fingerprint density at radius 3 is 2.62 bits per heavy atom. The van der Waals surface area contributed by atoms with Crippen LogP contribution in [0.4, 0.5) is 13.2 Å². The van der Waals surface area contributed by atoms with Crippen molar-refractivity contribution in [2.45, 2.75) is 6.18 Å². The Morgan fingerprint density at radius 2 is 1.83 bits per heavy atom. The van der Waals surface area contributed by atoms with Gasteiger partial charge in [-0.05, 0) is 30.3 Å². The van der Waals surface area contributed by atoms with E-state index in [1.54, 1.807) is 24.7 Å². The van der Waals surface area contributed by atoms with Crippen LogP contribution in [0.1, 0.15) is 5.56 Å². The highest BCUT2D eigenvalue weighted by atomic mass is 79.9. The lowest BCUT2D eigenvalue weighted by Crippen LogP contribution is -2.06. The molecule has 24 heavy (non-hydrogen) atoms. The Kier molecular flexibility index (Phi) is 3.35. The van der Waals surface area contributed by atoms with Gasteiger partial charge < -0.3 is 0 Å². The van der Waals surface area contributed by atoms with Crippen molar-refractivity contribution in [3.8, 4) is 5.69 Å². The van der Waals surface area contributed by atoms with Crippen LogP contribution in [0, 0.1) is 0 Å². The number of benzene rings is 2. The SMILES string of the molecule is FC(F)(F)c1cccc(-n2ncc3cc(Br)c4cnccc4c32)c1. The summed E-state index contributed by atoms with van der Waals surface area (Å²) in [6, 6.07) is 8.85. The minimum absolute atomic E-state index is 0.361. The molecule has 7 heteroatoms. The molecule has 0 atom stereocenters. The fourth-order valence-electron chi connectivity index (χ4n) is 2.75. The summed E-state index contributed by atoms with van der Waals surface area (Å²) < 4.78 is 41.3. The zero-order valence-electron chi connectivity index (χ0n) is 12.0. The summed E-state index contributed by atoms with van der Waals surface area (Å²) >= 11 is 3.50. The average Bonchev–Trinajstić information content (AvgIpc) is 2.98. The molecule has 0 spiro atoms. The van der Waals surface area contributed by atoms with Crippen LogP contribution in [0.3, 0.4) is 0 Å². The van der Waals surface area contributed by atoms with Gasteiger partial charge in [0.2, 0.25) is 0 Å². The van der Waals surface area contributed by atoms with E-state index >= 15 is 0 Å². The van der Waals surface area contributed by atoms with Crippen LogP contribution >= 0.6 is 15.9 Å². The molecule has 0 radical (unpaired) electrons. The second-order valence-electron chi connectivity index (χ2n) is 5.32. The number of alkyl halides is 3. The molecule has 2 aromatic carbocycles. The molecule has 0 aliphatic heterocycles. The van der Waals surface area contributed by atoms with E-state index in [1.165, 1.54) is 10.7 Å². The monoisotopic (exact) mass is 391 g/mol. The van der Waals surface area contributed by atoms with E-state index in [0.29, 0.717) is 5.69 Å². The Balaban J connectivity index is 2.04. The summed E-state index contributed by atoms with van der Waals surface area (Å²) in [6.45, 7) is 0. The van der Waals surface area contributed by atoms with Gasteiger partial charge in [0.25, 0.3) is 0 Å². The molecule has 0 saturated heterocycles. The van der Waals surface area contributed by atoms with Gasteiger partial charge in [-0.15, -0.1) is 0 Å². The molecule has 0 amide bonds. The third-order valence-corrected chi connectivity index (χ3v) is 4.49. The molecule has 0 saturated carbocycles. The Morgan fingerprint density at radius 1 is 1.00 bits per heavy atom. The molecule has 0 bridgehead atoms. The fourth-order valence-corrected chi connectivity index (χ4v) is 3.31. The lowest BCUT2D eigenvalue weighted by molar-refractivity contribution is -0.137. The second kappa shape index (κ2) is 5.31. The van der Waals surface area contributed by atoms with E-state index < -0.39 is 11.7 Å². The van der Waals surface area contributed by atoms with Crippen LogP contribution in [0.2, 0.25) is 0 Å². The molecule has 120 valence electrons. The maximum atomic E-state index is 13.0. The summed E-state index contributed by atoms with van der Waals surface area (Å²) in [4.78, 5) is 4.11. The first-order valence-electron chi connectivity index (χ1n) is 7.03. The number of aromatic nitrogens is 3. The third kappa shape index (κ3) is 2.36. The maximum Gasteiger partial charge on any atom is 0.416 e. The number of nitrogens with zero attached hydrogens (tertiary/aromatic N) is 3. The molecular formula is C17H9BrF3N3. The summed E-state index contributed by atoms with van der Waals surface area (Å²) in [5.74, 6) is 0. The van der Waals surface area contributed by atoms with Gasteiger partial charge in [0.05, 0.1) is 23.0 Å². The van der Waals surface area contributed by atoms with Crippen molar-refractivity contribution in [2.24, 2.45) is 0 Å². The van der Waals surface area contributed by atoms with Gasteiger partial charge in [-0.2, -0.15) is 18.3 Å². The third-order valence-electron chi connectivity index (χ3n) is 3.83. The molecule has 0 unspecified atom stereocenters. The maximum absolute atomic E-state index is 13.0. The molecule has 2 heterocycles. The van der Waals surface area contributed by atoms with Gasteiger partial charge in [0.1, 0.15) is 0 Å². The Hall–Kier alpha value is -2.41. The fraction of sp³-hybridized carbons (Fsp3) is 0.0588. The molecule has 0 aliphatic carbocycles. The van der Waals surface area contributed by atoms with Crippen LogP contribution in [0.15, 0.2) is 59.5 Å². The normalized spacial score (nSPS) is 12.2. The van der Waals surface area contributed by atoms with Crippen molar-refractivity contribution in [1.29, 1.82) is 0 Å². The molecule has 4 aromatic rings. The molecule has 3 nitrogen and oxygen atoms in total. The van der Waals surface area contributed by atoms with E-state index in [9.17, 15) is 13.2 Å². The minimum Gasteiger partial charge on any atom is -0.264 e. The molecule has 0 fully saturated rings. The minimum atomic E-state index is -4.39. The van der Waals surface area contributed by atoms with Crippen LogP contribution in [0.5, 0.6) is 0 Å². The molecule has 4 rings (SSSR count). The van der Waals surface area contributed by atoms with Gasteiger partial charge in [-0.1, -0.05) is 22.0 Å². The number of pyridine rings is 1. The quantitative estimate of drug-likeness (QED) is 0.437. The smallest absolute Gasteiger partial charge is 0.264 e. The summed E-state index contributed by atoms with van der Waals surface area (Å²) in [7, 11) is 0. The number of hydrogen-bond donors (Lipinski definition) is 0. The number of hydrogen-bond acceptors (Lipinski definition) is 2. The number of rotatable bonds is 1. The van der Waals surface area contributed by atoms with E-state index in [0.717, 1.165) is 38.3 Å². The molecule has 0 aliphatic rings. The largest absolute Gasteiger partial charge is 0.416 e. The molecule has 0 N–H and O–H groups in total. The highest BCUT2D eigenvalue weighted by Gasteiger charge is 2.30. The van der Waals surface area contributed by atoms with Gasteiger partial charge in [0, 0.05) is 33.0 Å². The van der Waals surface area contributed by atoms with Crippen molar-refractivity contribution < 1.29 is 13.2 Å². The number of halogens is 4. The van der Waals surface area contributed by atoms with Crippen molar-refractivity contribution >= 4 is 37.6 Å². The van der Waals surface area contributed by atoms with Crippen LogP contribution in [0.25, 0.3) is 27.4 Å². The Labute approximate surface area is 142 Å². The first-order chi connectivity index (χ1) is 11.4. The topological polar surface area (TPSA) is 30.7 Å². The van der Waals surface area contributed by atoms with Crippen molar-refractivity contribution in [3.63, 3.8) is 0 Å². The van der Waals surface area contributed by atoms with Crippen molar-refractivity contribution in [1.82, 2.24) is 14.8 Å². The highest BCUT2D eigenvalue weighted by Crippen LogP contribution is 2.34. The molecular weight excluding hydrogens is 383 g/mol. The van der Waals surface area contributed by atoms with Crippen molar-refractivity contribution in [3.05, 3.63) is 65.0 Å². The van der Waals surface area contributed by atoms with E-state index in [2.05, 4.69) is 26.0 Å². The first-order valence-corrected chi connectivity index (χ1v) is 7.82. The first kappa shape index (κ1) is 15.1. The Bertz CT molecular complexity index is 1070. The standard InChI is InChI=1S/C17H9BrF3N3/c18-15-6-10-8-23-24(16(10)13-4-5-22-9-14(13)15)12-3-1-2-11(7-12)17(19,20)21/h1-9H. The van der Waals surface area contributed by atoms with Crippen LogP contribution in [-0.2, 0) is 6.18 Å². The molecule has 2 aromatic heterocycles. The van der Waals surface area contributed by atoms with Gasteiger partial charge in [-0.3, -0.25) is 4.98 Å². The summed E-state index contributed by atoms with van der Waals surface area (Å²) in [5.41, 5.74) is 0.405. The van der Waals surface area contributed by atoms with Gasteiger partial charge in [0.15, 0.2) is 0 Å². The van der Waals surface area contributed by atoms with E-state index in [1.807, 2.05) is 12.1 Å². The predicted octanol–water partition coefficient (Wildman–Crippen LogP) is 5.36. The van der Waals surface area contributed by atoms with Crippen LogP contribution < -0.4 is 0 Å². The second-order valence-corrected chi connectivity index (χ2v) is 6.18. The van der Waals surface area contributed by atoms with Gasteiger partial charge >= 0.3 is 6.18 Å². The average molecular weight is 392 g/mol.